The number of ether oxygens (including phenoxy) is 2. The van der Waals surface area contributed by atoms with Gasteiger partial charge in [-0.15, -0.1) is 0 Å². The van der Waals surface area contributed by atoms with Gasteiger partial charge in [0.2, 0.25) is 0 Å². The number of anilines is 1. The zero-order valence-corrected chi connectivity index (χ0v) is 21.3. The van der Waals surface area contributed by atoms with E-state index in [9.17, 15) is 9.59 Å². The SMILES string of the molecule is COc1ccc(CCNC(=O)C(=O)NC[C@@H](c2ccco2)N2CCN(c3ccccc3)CC2)cc1OC. The van der Waals surface area contributed by atoms with Crippen LogP contribution >= 0.6 is 0 Å². The summed E-state index contributed by atoms with van der Waals surface area (Å²) in [6.07, 6.45) is 2.19. The zero-order valence-electron chi connectivity index (χ0n) is 21.3. The van der Waals surface area contributed by atoms with E-state index in [4.69, 9.17) is 13.9 Å². The van der Waals surface area contributed by atoms with Crippen LogP contribution in [0, 0.1) is 0 Å². The van der Waals surface area contributed by atoms with Crippen molar-refractivity contribution in [3.8, 4) is 11.5 Å². The molecule has 1 fully saturated rings. The molecule has 1 aliphatic rings. The number of methoxy groups -OCH3 is 2. The summed E-state index contributed by atoms with van der Waals surface area (Å²) in [4.78, 5) is 29.6. The first-order chi connectivity index (χ1) is 18.1. The third-order valence-electron chi connectivity index (χ3n) is 6.56. The number of nitrogens with one attached hydrogen (secondary N) is 2. The highest BCUT2D eigenvalue weighted by Crippen LogP contribution is 2.27. The maximum absolute atomic E-state index is 12.5. The molecule has 0 aliphatic carbocycles. The predicted molar refractivity (Wildman–Crippen MR) is 141 cm³/mol. The molecule has 2 N–H and O–H groups in total. The molecule has 1 atom stereocenters. The lowest BCUT2D eigenvalue weighted by molar-refractivity contribution is -0.139. The lowest BCUT2D eigenvalue weighted by Gasteiger charge is -2.39. The molecule has 4 rings (SSSR count). The Morgan fingerprint density at radius 3 is 2.30 bits per heavy atom. The van der Waals surface area contributed by atoms with Crippen molar-refractivity contribution < 1.29 is 23.5 Å². The van der Waals surface area contributed by atoms with Crippen LogP contribution in [0.2, 0.25) is 0 Å². The molecule has 0 bridgehead atoms. The number of furan rings is 1. The molecule has 2 amide bonds. The zero-order chi connectivity index (χ0) is 26.0. The molecular weight excluding hydrogens is 472 g/mol. The second kappa shape index (κ2) is 12.8. The minimum absolute atomic E-state index is 0.156. The fourth-order valence-corrected chi connectivity index (χ4v) is 4.53. The summed E-state index contributed by atoms with van der Waals surface area (Å²) < 4.78 is 16.2. The van der Waals surface area contributed by atoms with Crippen LogP contribution in [0.25, 0.3) is 0 Å². The van der Waals surface area contributed by atoms with Crippen molar-refractivity contribution in [3.63, 3.8) is 0 Å². The quantitative estimate of drug-likeness (QED) is 0.408. The molecule has 2 heterocycles. The Morgan fingerprint density at radius 2 is 1.62 bits per heavy atom. The van der Waals surface area contributed by atoms with Crippen LogP contribution in [-0.4, -0.2) is 70.2 Å². The second-order valence-electron chi connectivity index (χ2n) is 8.80. The van der Waals surface area contributed by atoms with Gasteiger partial charge in [0.05, 0.1) is 26.5 Å². The average molecular weight is 507 g/mol. The Balaban J connectivity index is 1.27. The van der Waals surface area contributed by atoms with Gasteiger partial charge in [0.25, 0.3) is 0 Å². The van der Waals surface area contributed by atoms with E-state index in [-0.39, 0.29) is 12.6 Å². The summed E-state index contributed by atoms with van der Waals surface area (Å²) in [5.74, 6) is 0.710. The minimum atomic E-state index is -0.660. The number of nitrogens with zero attached hydrogens (tertiary/aromatic N) is 2. The highest BCUT2D eigenvalue weighted by Gasteiger charge is 2.28. The van der Waals surface area contributed by atoms with E-state index in [1.165, 1.54) is 5.69 Å². The van der Waals surface area contributed by atoms with E-state index in [2.05, 4.69) is 32.6 Å². The molecule has 196 valence electrons. The third kappa shape index (κ3) is 6.83. The van der Waals surface area contributed by atoms with Crippen molar-refractivity contribution >= 4 is 17.5 Å². The summed E-state index contributed by atoms with van der Waals surface area (Å²) in [5.41, 5.74) is 2.17. The van der Waals surface area contributed by atoms with Crippen LogP contribution in [0.5, 0.6) is 11.5 Å². The Labute approximate surface area is 217 Å². The van der Waals surface area contributed by atoms with E-state index < -0.39 is 11.8 Å². The van der Waals surface area contributed by atoms with Crippen LogP contribution < -0.4 is 25.0 Å². The van der Waals surface area contributed by atoms with Crippen molar-refractivity contribution in [1.82, 2.24) is 15.5 Å². The van der Waals surface area contributed by atoms with E-state index in [0.717, 1.165) is 37.5 Å². The molecule has 1 aliphatic heterocycles. The normalized spacial score (nSPS) is 14.6. The lowest BCUT2D eigenvalue weighted by atomic mass is 10.1. The molecule has 0 spiro atoms. The van der Waals surface area contributed by atoms with Gasteiger partial charge in [-0.2, -0.15) is 0 Å². The monoisotopic (exact) mass is 506 g/mol. The van der Waals surface area contributed by atoms with Gasteiger partial charge < -0.3 is 29.4 Å². The highest BCUT2D eigenvalue weighted by atomic mass is 16.5. The van der Waals surface area contributed by atoms with Crippen molar-refractivity contribution in [3.05, 3.63) is 78.3 Å². The highest BCUT2D eigenvalue weighted by molar-refractivity contribution is 6.35. The number of carbonyl (C=O) groups excluding carboxylic acids is 2. The smallest absolute Gasteiger partial charge is 0.309 e. The van der Waals surface area contributed by atoms with Gasteiger partial charge in [-0.05, 0) is 48.4 Å². The van der Waals surface area contributed by atoms with Crippen LogP contribution in [0.1, 0.15) is 17.4 Å². The van der Waals surface area contributed by atoms with Gasteiger partial charge in [0.1, 0.15) is 5.76 Å². The molecule has 1 saturated heterocycles. The molecule has 2 aromatic carbocycles. The summed E-state index contributed by atoms with van der Waals surface area (Å²) in [6.45, 7) is 3.96. The first kappa shape index (κ1) is 26.1. The number of carbonyl (C=O) groups is 2. The number of benzene rings is 2. The van der Waals surface area contributed by atoms with Gasteiger partial charge in [-0.1, -0.05) is 24.3 Å². The average Bonchev–Trinajstić information content (AvgIpc) is 3.48. The number of hydrogen-bond acceptors (Lipinski definition) is 7. The van der Waals surface area contributed by atoms with Gasteiger partial charge in [-0.25, -0.2) is 0 Å². The Bertz CT molecular complexity index is 1140. The predicted octanol–water partition coefficient (Wildman–Crippen LogP) is 2.64. The van der Waals surface area contributed by atoms with Crippen molar-refractivity contribution in [2.45, 2.75) is 12.5 Å². The molecule has 0 saturated carbocycles. The van der Waals surface area contributed by atoms with Gasteiger partial charge in [0.15, 0.2) is 11.5 Å². The maximum atomic E-state index is 12.5. The topological polar surface area (TPSA) is 96.3 Å². The molecule has 37 heavy (non-hydrogen) atoms. The number of amides is 2. The van der Waals surface area contributed by atoms with Gasteiger partial charge >= 0.3 is 11.8 Å². The minimum Gasteiger partial charge on any atom is -0.493 e. The van der Waals surface area contributed by atoms with Crippen molar-refractivity contribution in [2.75, 3.05) is 58.4 Å². The second-order valence-corrected chi connectivity index (χ2v) is 8.80. The van der Waals surface area contributed by atoms with E-state index in [1.54, 1.807) is 20.5 Å². The van der Waals surface area contributed by atoms with Crippen molar-refractivity contribution in [2.24, 2.45) is 0 Å². The molecule has 3 aromatic rings. The van der Waals surface area contributed by atoms with Crippen LogP contribution in [0.3, 0.4) is 0 Å². The molecular formula is C28H34N4O5. The Morgan fingerprint density at radius 1 is 0.892 bits per heavy atom. The van der Waals surface area contributed by atoms with Crippen LogP contribution in [-0.2, 0) is 16.0 Å². The lowest BCUT2D eigenvalue weighted by Crippen LogP contribution is -2.50. The van der Waals surface area contributed by atoms with Crippen molar-refractivity contribution in [1.29, 1.82) is 0 Å². The Kier molecular flexibility index (Phi) is 9.04. The molecule has 1 aromatic heterocycles. The van der Waals surface area contributed by atoms with Gasteiger partial charge in [0, 0.05) is 45.0 Å². The van der Waals surface area contributed by atoms with Crippen LogP contribution in [0.15, 0.2) is 71.3 Å². The van der Waals surface area contributed by atoms with Crippen LogP contribution in [0.4, 0.5) is 5.69 Å². The fraction of sp³-hybridized carbons (Fsp3) is 0.357. The summed E-state index contributed by atoms with van der Waals surface area (Å²) in [7, 11) is 3.16. The van der Waals surface area contributed by atoms with E-state index in [1.807, 2.05) is 48.5 Å². The van der Waals surface area contributed by atoms with Gasteiger partial charge in [-0.3, -0.25) is 14.5 Å². The number of piperazine rings is 1. The largest absolute Gasteiger partial charge is 0.493 e. The summed E-state index contributed by atoms with van der Waals surface area (Å²) >= 11 is 0. The maximum Gasteiger partial charge on any atom is 0.309 e. The molecule has 0 unspecified atom stereocenters. The summed E-state index contributed by atoms with van der Waals surface area (Å²) in [6, 6.07) is 19.5. The molecule has 9 nitrogen and oxygen atoms in total. The van der Waals surface area contributed by atoms with E-state index in [0.29, 0.717) is 24.5 Å². The molecule has 9 heteroatoms. The fourth-order valence-electron chi connectivity index (χ4n) is 4.53. The van der Waals surface area contributed by atoms with E-state index >= 15 is 0 Å². The number of para-hydroxylation sites is 1. The standard InChI is InChI=1S/C28H34N4O5/c1-35-25-11-10-21(19-26(25)36-2)12-13-29-27(33)28(34)30-20-23(24-9-6-18-37-24)32-16-14-31(15-17-32)22-7-4-3-5-8-22/h3-11,18-19,23H,12-17,20H2,1-2H3,(H,29,33)(H,30,34)/t23-/m0/s1. The summed E-state index contributed by atoms with van der Waals surface area (Å²) in [5, 5.41) is 5.48. The number of hydrogen-bond donors (Lipinski definition) is 2. The first-order valence-electron chi connectivity index (χ1n) is 12.4. The third-order valence-corrected chi connectivity index (χ3v) is 6.56. The number of rotatable bonds is 10. The first-order valence-corrected chi connectivity index (χ1v) is 12.4. The Hall–Kier alpha value is -3.98. The molecule has 0 radical (unpaired) electrons.